The van der Waals surface area contributed by atoms with E-state index in [0.717, 1.165) is 44.5 Å². The maximum absolute atomic E-state index is 11.6. The molecule has 1 unspecified atom stereocenters. The summed E-state index contributed by atoms with van der Waals surface area (Å²) in [6, 6.07) is 12.0. The second-order valence-corrected chi connectivity index (χ2v) is 9.82. The van der Waals surface area contributed by atoms with Crippen LogP contribution in [0.15, 0.2) is 65.8 Å². The van der Waals surface area contributed by atoms with Crippen LogP contribution in [0, 0.1) is 13.8 Å². The highest BCUT2D eigenvalue weighted by Crippen LogP contribution is 2.33. The van der Waals surface area contributed by atoms with Crippen LogP contribution < -0.4 is 11.1 Å². The molecule has 41 heavy (non-hydrogen) atoms. The van der Waals surface area contributed by atoms with Crippen LogP contribution in [0.1, 0.15) is 73.7 Å². The lowest BCUT2D eigenvalue weighted by Crippen LogP contribution is -2.36. The van der Waals surface area contributed by atoms with Crippen molar-refractivity contribution in [3.05, 3.63) is 107 Å². The number of hydrogen-bond donors (Lipinski definition) is 3. The maximum atomic E-state index is 11.6. The zero-order valence-corrected chi connectivity index (χ0v) is 23.3. The van der Waals surface area contributed by atoms with Gasteiger partial charge in [-0.1, -0.05) is 18.2 Å². The monoisotopic (exact) mass is 557 g/mol. The first-order valence-electron chi connectivity index (χ1n) is 13.5. The van der Waals surface area contributed by atoms with E-state index in [9.17, 15) is 9.59 Å². The van der Waals surface area contributed by atoms with E-state index in [2.05, 4.69) is 31.2 Å². The third-order valence-electron chi connectivity index (χ3n) is 6.98. The zero-order chi connectivity index (χ0) is 29.2. The van der Waals surface area contributed by atoms with Gasteiger partial charge in [0.25, 0.3) is 0 Å². The molecule has 11 heteroatoms. The Morgan fingerprint density at radius 3 is 2.59 bits per heavy atom. The number of fused-ring (bicyclic) bond motifs is 1. The van der Waals surface area contributed by atoms with Gasteiger partial charge in [-0.25, -0.2) is 19.7 Å². The van der Waals surface area contributed by atoms with Gasteiger partial charge in [0.15, 0.2) is 0 Å². The van der Waals surface area contributed by atoms with Crippen molar-refractivity contribution in [2.45, 2.75) is 52.2 Å². The first kappa shape index (κ1) is 29.5. The van der Waals surface area contributed by atoms with E-state index in [-0.39, 0.29) is 11.6 Å². The first-order chi connectivity index (χ1) is 19.8. The van der Waals surface area contributed by atoms with Crippen LogP contribution in [0.3, 0.4) is 0 Å². The highest BCUT2D eigenvalue weighted by molar-refractivity contribution is 5.92. The van der Waals surface area contributed by atoms with E-state index in [1.54, 1.807) is 32.4 Å². The van der Waals surface area contributed by atoms with Gasteiger partial charge in [0.05, 0.1) is 35.9 Å². The Hall–Kier alpha value is -4.48. The molecule has 0 saturated heterocycles. The quantitative estimate of drug-likeness (QED) is 0.246. The molecule has 0 radical (unpaired) electrons. The van der Waals surface area contributed by atoms with Crippen molar-refractivity contribution < 1.29 is 19.1 Å². The van der Waals surface area contributed by atoms with Crippen LogP contribution >= 0.6 is 0 Å². The fourth-order valence-electron chi connectivity index (χ4n) is 5.00. The van der Waals surface area contributed by atoms with Crippen LogP contribution in [-0.4, -0.2) is 54.9 Å². The molecular formula is C30H35N7O4. The number of carbonyl (C=O) groups is 2. The minimum atomic E-state index is -0.972. The normalized spacial score (nSPS) is 14.2. The predicted molar refractivity (Wildman–Crippen MR) is 152 cm³/mol. The molecule has 1 amide bonds. The number of pyridine rings is 1. The molecular weight excluding hydrogens is 522 g/mol. The van der Waals surface area contributed by atoms with Gasteiger partial charge in [-0.15, -0.1) is 0 Å². The number of nitrogens with one attached hydrogen (secondary N) is 1. The summed E-state index contributed by atoms with van der Waals surface area (Å²) in [5, 5.41) is 12.1. The van der Waals surface area contributed by atoms with Gasteiger partial charge >= 0.3 is 5.97 Å². The number of aromatic carboxylic acids is 1. The van der Waals surface area contributed by atoms with Gasteiger partial charge < -0.3 is 20.6 Å². The molecule has 214 valence electrons. The molecule has 4 aromatic rings. The van der Waals surface area contributed by atoms with Crippen molar-refractivity contribution in [3.63, 3.8) is 0 Å². The average Bonchev–Trinajstić information content (AvgIpc) is 3.48. The molecule has 0 saturated carbocycles. The van der Waals surface area contributed by atoms with Gasteiger partial charge in [-0.2, -0.15) is 0 Å². The number of hydrogen-bond acceptors (Lipinski definition) is 9. The van der Waals surface area contributed by atoms with E-state index >= 15 is 0 Å². The molecule has 1 aliphatic carbocycles. The van der Waals surface area contributed by atoms with Gasteiger partial charge in [-0.3, -0.25) is 14.7 Å². The summed E-state index contributed by atoms with van der Waals surface area (Å²) in [6.45, 7) is 6.25. The van der Waals surface area contributed by atoms with Crippen molar-refractivity contribution in [2.24, 2.45) is 5.73 Å². The SMILES string of the molecule is Cc1ncnc(C)c1C(=O)O.NC(=O)c1cccc(CN(CCNCc2ncco2)C2CCCc3cccnc32)c1. The number of carboxylic acids is 1. The predicted octanol–water partition coefficient (Wildman–Crippen LogP) is 3.63. The van der Waals surface area contributed by atoms with Crippen LogP contribution in [-0.2, 0) is 19.5 Å². The maximum Gasteiger partial charge on any atom is 0.339 e. The summed E-state index contributed by atoms with van der Waals surface area (Å²) in [5.41, 5.74) is 10.8. The standard InChI is InChI=1S/C23H27N5O2.C7H8N2O2/c24-23(29)19-6-1-4-17(14-19)16-28(12-10-25-15-21-26-11-13-30-21)20-8-2-5-18-7-3-9-27-22(18)20;1-4-6(7(10)11)5(2)9-3-8-4/h1,3-4,6-7,9,11,13-14,20,25H,2,5,8,10,12,15-16H2,(H2,24,29);3H,1-2H3,(H,10,11). The lowest BCUT2D eigenvalue weighted by Gasteiger charge is -2.35. The highest BCUT2D eigenvalue weighted by atomic mass is 16.4. The van der Waals surface area contributed by atoms with Gasteiger partial charge in [0, 0.05) is 31.4 Å². The number of aryl methyl sites for hydroxylation is 3. The van der Waals surface area contributed by atoms with Crippen LogP contribution in [0.25, 0.3) is 0 Å². The lowest BCUT2D eigenvalue weighted by molar-refractivity contribution is 0.0694. The number of carboxylic acid groups (broad SMARTS) is 1. The molecule has 5 rings (SSSR count). The summed E-state index contributed by atoms with van der Waals surface area (Å²) in [5.74, 6) is -0.693. The number of carbonyl (C=O) groups excluding carboxylic acids is 1. The number of benzene rings is 1. The number of aromatic nitrogens is 4. The summed E-state index contributed by atoms with van der Waals surface area (Å²) in [7, 11) is 0. The zero-order valence-electron chi connectivity index (χ0n) is 23.3. The van der Waals surface area contributed by atoms with E-state index in [1.165, 1.54) is 17.6 Å². The Morgan fingerprint density at radius 2 is 1.90 bits per heavy atom. The topological polar surface area (TPSA) is 160 Å². The Labute approximate surface area is 238 Å². The Balaban J connectivity index is 0.000000296. The highest BCUT2D eigenvalue weighted by Gasteiger charge is 2.27. The molecule has 1 aliphatic rings. The van der Waals surface area contributed by atoms with Gasteiger partial charge in [-0.05, 0) is 62.4 Å². The number of nitrogens with two attached hydrogens (primary N) is 1. The van der Waals surface area contributed by atoms with Gasteiger partial charge in [0.2, 0.25) is 11.8 Å². The number of nitrogens with zero attached hydrogens (tertiary/aromatic N) is 5. The van der Waals surface area contributed by atoms with Gasteiger partial charge in [0.1, 0.15) is 18.2 Å². The molecule has 1 atom stereocenters. The second kappa shape index (κ2) is 14.2. The Morgan fingerprint density at radius 1 is 1.10 bits per heavy atom. The molecule has 3 heterocycles. The van der Waals surface area contributed by atoms with Crippen LogP contribution in [0.4, 0.5) is 0 Å². The van der Waals surface area contributed by atoms with Crippen molar-refractivity contribution in [1.29, 1.82) is 0 Å². The average molecular weight is 558 g/mol. The number of oxazole rings is 1. The number of primary amides is 1. The Kier molecular flexibility index (Phi) is 10.2. The molecule has 0 aliphatic heterocycles. The first-order valence-corrected chi connectivity index (χ1v) is 13.5. The third-order valence-corrected chi connectivity index (χ3v) is 6.98. The van der Waals surface area contributed by atoms with Crippen molar-refractivity contribution in [3.8, 4) is 0 Å². The Bertz CT molecular complexity index is 1440. The lowest BCUT2D eigenvalue weighted by atomic mass is 9.90. The van der Waals surface area contributed by atoms with E-state index < -0.39 is 11.9 Å². The summed E-state index contributed by atoms with van der Waals surface area (Å²) < 4.78 is 5.29. The summed E-state index contributed by atoms with van der Waals surface area (Å²) >= 11 is 0. The molecule has 0 fully saturated rings. The van der Waals surface area contributed by atoms with Crippen LogP contribution in [0.5, 0.6) is 0 Å². The largest absolute Gasteiger partial charge is 0.478 e. The summed E-state index contributed by atoms with van der Waals surface area (Å²) in [4.78, 5) is 41.0. The van der Waals surface area contributed by atoms with Crippen molar-refractivity contribution in [2.75, 3.05) is 13.1 Å². The number of rotatable bonds is 10. The third kappa shape index (κ3) is 8.03. The summed E-state index contributed by atoms with van der Waals surface area (Å²) in [6.07, 6.45) is 9.76. The minimum Gasteiger partial charge on any atom is -0.478 e. The fraction of sp³-hybridized carbons (Fsp3) is 0.333. The molecule has 0 bridgehead atoms. The smallest absolute Gasteiger partial charge is 0.339 e. The number of amides is 1. The van der Waals surface area contributed by atoms with Crippen LogP contribution in [0.2, 0.25) is 0 Å². The second-order valence-electron chi connectivity index (χ2n) is 9.82. The fourth-order valence-corrected chi connectivity index (χ4v) is 5.00. The minimum absolute atomic E-state index is 0.201. The van der Waals surface area contributed by atoms with Crippen molar-refractivity contribution in [1.82, 2.24) is 30.2 Å². The molecule has 0 spiro atoms. The van der Waals surface area contributed by atoms with E-state index in [4.69, 9.17) is 20.2 Å². The van der Waals surface area contributed by atoms with E-state index in [1.807, 2.05) is 30.5 Å². The van der Waals surface area contributed by atoms with Crippen molar-refractivity contribution >= 4 is 11.9 Å². The molecule has 1 aromatic carbocycles. The molecule has 3 aromatic heterocycles. The van der Waals surface area contributed by atoms with E-state index in [0.29, 0.717) is 29.4 Å². The molecule has 11 nitrogen and oxygen atoms in total. The molecule has 4 N–H and O–H groups in total.